The molecule has 0 aliphatic rings. The number of fused-ring (bicyclic) bond motifs is 1. The summed E-state index contributed by atoms with van der Waals surface area (Å²) in [6.45, 7) is 2.40. The fourth-order valence-corrected chi connectivity index (χ4v) is 2.02. The predicted octanol–water partition coefficient (Wildman–Crippen LogP) is 1.83. The van der Waals surface area contributed by atoms with E-state index in [-0.39, 0.29) is 5.56 Å². The molecule has 1 amide bonds. The fraction of sp³-hybridized carbons (Fsp3) is 0.333. The summed E-state index contributed by atoms with van der Waals surface area (Å²) in [5.41, 5.74) is 1.20. The molecule has 1 aromatic heterocycles. The largest absolute Gasteiger partial charge is 0.497 e. The molecule has 1 aromatic carbocycles. The number of pyridine rings is 1. The number of alkyl carbamates (subject to hydrolysis) is 1. The molecule has 0 atom stereocenters. The molecule has 112 valence electrons. The average Bonchev–Trinajstić information content (AvgIpc) is 2.47. The van der Waals surface area contributed by atoms with Crippen LogP contribution >= 0.6 is 0 Å². The van der Waals surface area contributed by atoms with Gasteiger partial charge in [-0.25, -0.2) is 4.79 Å². The van der Waals surface area contributed by atoms with Crippen molar-refractivity contribution in [1.82, 2.24) is 10.3 Å². The van der Waals surface area contributed by atoms with E-state index in [0.717, 1.165) is 16.7 Å². The Balaban J connectivity index is 2.14. The van der Waals surface area contributed by atoms with Gasteiger partial charge in [0.2, 0.25) is 0 Å². The second-order valence-electron chi connectivity index (χ2n) is 4.47. The Hall–Kier alpha value is -2.50. The van der Waals surface area contributed by atoms with Crippen LogP contribution in [-0.4, -0.2) is 31.3 Å². The fourth-order valence-electron chi connectivity index (χ4n) is 2.02. The highest BCUT2D eigenvalue weighted by molar-refractivity contribution is 5.80. The maximum Gasteiger partial charge on any atom is 0.407 e. The lowest BCUT2D eigenvalue weighted by atomic mass is 10.1. The van der Waals surface area contributed by atoms with E-state index in [1.54, 1.807) is 26.2 Å². The summed E-state index contributed by atoms with van der Waals surface area (Å²) in [6, 6.07) is 7.26. The van der Waals surface area contributed by atoms with E-state index >= 15 is 0 Å². The third-order valence-corrected chi connectivity index (χ3v) is 3.07. The minimum Gasteiger partial charge on any atom is -0.497 e. The summed E-state index contributed by atoms with van der Waals surface area (Å²) in [7, 11) is 1.59. The Kier molecular flexibility index (Phi) is 4.81. The Bertz CT molecular complexity index is 694. The molecule has 0 saturated heterocycles. The molecule has 2 N–H and O–H groups in total. The molecule has 1 heterocycles. The summed E-state index contributed by atoms with van der Waals surface area (Å²) in [4.78, 5) is 26.0. The van der Waals surface area contributed by atoms with Crippen LogP contribution in [0.15, 0.2) is 29.1 Å². The molecule has 0 radical (unpaired) electrons. The number of ether oxygens (including phenoxy) is 2. The van der Waals surface area contributed by atoms with Gasteiger partial charge in [-0.15, -0.1) is 0 Å². The summed E-state index contributed by atoms with van der Waals surface area (Å²) >= 11 is 0. The van der Waals surface area contributed by atoms with Gasteiger partial charge in [-0.3, -0.25) is 4.79 Å². The molecule has 6 nitrogen and oxygen atoms in total. The molecule has 0 saturated carbocycles. The smallest absolute Gasteiger partial charge is 0.407 e. The van der Waals surface area contributed by atoms with Crippen molar-refractivity contribution in [3.05, 3.63) is 40.2 Å². The molecule has 21 heavy (non-hydrogen) atoms. The van der Waals surface area contributed by atoms with Crippen molar-refractivity contribution in [2.75, 3.05) is 20.3 Å². The topological polar surface area (TPSA) is 80.4 Å². The molecule has 0 aliphatic carbocycles. The van der Waals surface area contributed by atoms with Crippen LogP contribution in [0.25, 0.3) is 10.9 Å². The van der Waals surface area contributed by atoms with Gasteiger partial charge < -0.3 is 19.8 Å². The SMILES string of the molecule is CCOC(=O)NCCc1cc2cc(OC)ccc2[nH]c1=O. The second-order valence-corrected chi connectivity index (χ2v) is 4.47. The van der Waals surface area contributed by atoms with Gasteiger partial charge in [0, 0.05) is 23.0 Å². The van der Waals surface area contributed by atoms with Crippen LogP contribution in [0.2, 0.25) is 0 Å². The molecular weight excluding hydrogens is 272 g/mol. The Morgan fingerprint density at radius 2 is 2.14 bits per heavy atom. The first kappa shape index (κ1) is 14.9. The Morgan fingerprint density at radius 3 is 2.86 bits per heavy atom. The van der Waals surface area contributed by atoms with Gasteiger partial charge in [-0.1, -0.05) is 0 Å². The van der Waals surface area contributed by atoms with Gasteiger partial charge in [0.1, 0.15) is 5.75 Å². The van der Waals surface area contributed by atoms with E-state index in [9.17, 15) is 9.59 Å². The number of aromatic amines is 1. The molecule has 0 bridgehead atoms. The zero-order chi connectivity index (χ0) is 15.2. The highest BCUT2D eigenvalue weighted by atomic mass is 16.5. The highest BCUT2D eigenvalue weighted by Crippen LogP contribution is 2.18. The maximum atomic E-state index is 12.0. The number of benzene rings is 1. The Morgan fingerprint density at radius 1 is 1.33 bits per heavy atom. The second kappa shape index (κ2) is 6.78. The molecule has 0 spiro atoms. The molecule has 6 heteroatoms. The number of hydrogen-bond donors (Lipinski definition) is 2. The normalized spacial score (nSPS) is 10.4. The zero-order valence-corrected chi connectivity index (χ0v) is 12.1. The number of nitrogens with one attached hydrogen (secondary N) is 2. The van der Waals surface area contributed by atoms with Crippen LogP contribution in [0, 0.1) is 0 Å². The van der Waals surface area contributed by atoms with E-state index < -0.39 is 6.09 Å². The van der Waals surface area contributed by atoms with Gasteiger partial charge in [-0.05, 0) is 37.6 Å². The summed E-state index contributed by atoms with van der Waals surface area (Å²) in [6.07, 6.45) is -0.0437. The minimum atomic E-state index is -0.476. The Labute approximate surface area is 122 Å². The number of amides is 1. The lowest BCUT2D eigenvalue weighted by Crippen LogP contribution is -2.28. The van der Waals surface area contributed by atoms with E-state index in [2.05, 4.69) is 10.3 Å². The van der Waals surface area contributed by atoms with Gasteiger partial charge in [0.05, 0.1) is 13.7 Å². The van der Waals surface area contributed by atoms with Gasteiger partial charge in [-0.2, -0.15) is 0 Å². The molecule has 0 aliphatic heterocycles. The number of methoxy groups -OCH3 is 1. The van der Waals surface area contributed by atoms with Gasteiger partial charge >= 0.3 is 6.09 Å². The number of carbonyl (C=O) groups is 1. The van der Waals surface area contributed by atoms with E-state index in [1.165, 1.54) is 0 Å². The number of hydrogen-bond acceptors (Lipinski definition) is 4. The van der Waals surface area contributed by atoms with E-state index in [0.29, 0.717) is 25.1 Å². The predicted molar refractivity (Wildman–Crippen MR) is 79.8 cm³/mol. The first-order chi connectivity index (χ1) is 10.1. The van der Waals surface area contributed by atoms with Crippen molar-refractivity contribution in [3.63, 3.8) is 0 Å². The third kappa shape index (κ3) is 3.75. The van der Waals surface area contributed by atoms with E-state index in [1.807, 2.05) is 12.1 Å². The molecule has 0 unspecified atom stereocenters. The standard InChI is InChI=1S/C15H18N2O4/c1-3-21-15(19)16-7-6-10-8-11-9-12(20-2)4-5-13(11)17-14(10)18/h4-5,8-9H,3,6-7H2,1-2H3,(H,16,19)(H,17,18). The minimum absolute atomic E-state index is 0.154. The van der Waals surface area contributed by atoms with Crippen molar-refractivity contribution >= 4 is 17.0 Å². The quantitative estimate of drug-likeness (QED) is 0.880. The van der Waals surface area contributed by atoms with Gasteiger partial charge in [0.25, 0.3) is 5.56 Å². The summed E-state index contributed by atoms with van der Waals surface area (Å²) in [5.74, 6) is 0.727. The lowest BCUT2D eigenvalue weighted by Gasteiger charge is -2.07. The van der Waals surface area contributed by atoms with Gasteiger partial charge in [0.15, 0.2) is 0 Å². The van der Waals surface area contributed by atoms with Crippen LogP contribution in [0.4, 0.5) is 4.79 Å². The van der Waals surface area contributed by atoms with Crippen LogP contribution in [0.3, 0.4) is 0 Å². The monoisotopic (exact) mass is 290 g/mol. The van der Waals surface area contributed by atoms with E-state index in [4.69, 9.17) is 9.47 Å². The van der Waals surface area contributed by atoms with Crippen molar-refractivity contribution in [2.45, 2.75) is 13.3 Å². The van der Waals surface area contributed by atoms with Crippen LogP contribution in [-0.2, 0) is 11.2 Å². The van der Waals surface area contributed by atoms with Crippen LogP contribution < -0.4 is 15.6 Å². The molecule has 2 aromatic rings. The number of H-pyrrole nitrogens is 1. The number of carbonyl (C=O) groups excluding carboxylic acids is 1. The van der Waals surface area contributed by atoms with Crippen molar-refractivity contribution in [2.24, 2.45) is 0 Å². The lowest BCUT2D eigenvalue weighted by molar-refractivity contribution is 0.152. The first-order valence-electron chi connectivity index (χ1n) is 6.74. The van der Waals surface area contributed by atoms with Crippen LogP contribution in [0.5, 0.6) is 5.75 Å². The zero-order valence-electron chi connectivity index (χ0n) is 12.1. The molecule has 0 fully saturated rings. The summed E-state index contributed by atoms with van der Waals surface area (Å²) < 4.78 is 9.92. The third-order valence-electron chi connectivity index (χ3n) is 3.07. The number of rotatable bonds is 5. The highest BCUT2D eigenvalue weighted by Gasteiger charge is 2.05. The average molecular weight is 290 g/mol. The molecule has 2 rings (SSSR count). The molecular formula is C15H18N2O4. The van der Waals surface area contributed by atoms with Crippen molar-refractivity contribution < 1.29 is 14.3 Å². The number of aromatic nitrogens is 1. The first-order valence-corrected chi connectivity index (χ1v) is 6.74. The van der Waals surface area contributed by atoms with Crippen molar-refractivity contribution in [3.8, 4) is 5.75 Å². The maximum absolute atomic E-state index is 12.0. The van der Waals surface area contributed by atoms with Crippen LogP contribution in [0.1, 0.15) is 12.5 Å². The van der Waals surface area contributed by atoms with Crippen molar-refractivity contribution in [1.29, 1.82) is 0 Å². The summed E-state index contributed by atoms with van der Waals surface area (Å²) in [5, 5.41) is 3.48.